The topological polar surface area (TPSA) is 68.0 Å². The van der Waals surface area contributed by atoms with Crippen LogP contribution in [0.25, 0.3) is 0 Å². The molecule has 0 bridgehead atoms. The van der Waals surface area contributed by atoms with Crippen molar-refractivity contribution in [3.8, 4) is 0 Å². The fourth-order valence-corrected chi connectivity index (χ4v) is 2.23. The zero-order valence-corrected chi connectivity index (χ0v) is 10.7. The fraction of sp³-hybridized carbons (Fsp3) is 0.231. The number of rotatable bonds is 5. The second kappa shape index (κ2) is 6.28. The predicted molar refractivity (Wildman–Crippen MR) is 72.5 cm³/mol. The Bertz CT molecular complexity index is 493. The highest BCUT2D eigenvalue weighted by atomic mass is 32.1. The van der Waals surface area contributed by atoms with E-state index in [1.54, 1.807) is 23.6 Å². The lowest BCUT2D eigenvalue weighted by atomic mass is 10.2. The predicted octanol–water partition coefficient (Wildman–Crippen LogP) is 1.57. The minimum atomic E-state index is -0.143. The molecule has 2 aromatic rings. The van der Waals surface area contributed by atoms with Crippen LogP contribution in [-0.4, -0.2) is 17.4 Å². The summed E-state index contributed by atoms with van der Waals surface area (Å²) < 4.78 is 0. The van der Waals surface area contributed by atoms with E-state index in [0.29, 0.717) is 18.8 Å². The quantitative estimate of drug-likeness (QED) is 0.858. The molecule has 2 heterocycles. The molecule has 0 aliphatic rings. The van der Waals surface area contributed by atoms with Crippen molar-refractivity contribution >= 4 is 17.2 Å². The van der Waals surface area contributed by atoms with E-state index >= 15 is 0 Å². The second-order valence-corrected chi connectivity index (χ2v) is 4.87. The molecule has 0 atom stereocenters. The van der Waals surface area contributed by atoms with Gasteiger partial charge in [-0.25, -0.2) is 0 Å². The Morgan fingerprint density at radius 3 is 2.89 bits per heavy atom. The average molecular weight is 261 g/mol. The van der Waals surface area contributed by atoms with Crippen LogP contribution in [0, 0.1) is 0 Å². The summed E-state index contributed by atoms with van der Waals surface area (Å²) in [5, 5.41) is 4.88. The van der Waals surface area contributed by atoms with E-state index in [1.807, 2.05) is 17.5 Å². The summed E-state index contributed by atoms with van der Waals surface area (Å²) in [7, 11) is 0. The molecule has 0 aromatic carbocycles. The molecule has 0 radical (unpaired) electrons. The van der Waals surface area contributed by atoms with Crippen LogP contribution < -0.4 is 11.1 Å². The van der Waals surface area contributed by atoms with Crippen molar-refractivity contribution in [3.63, 3.8) is 0 Å². The fourth-order valence-electron chi connectivity index (χ4n) is 1.52. The van der Waals surface area contributed by atoms with Gasteiger partial charge >= 0.3 is 0 Å². The van der Waals surface area contributed by atoms with Crippen molar-refractivity contribution in [2.75, 3.05) is 6.54 Å². The van der Waals surface area contributed by atoms with Gasteiger partial charge in [-0.1, -0.05) is 12.1 Å². The van der Waals surface area contributed by atoms with Crippen molar-refractivity contribution in [1.82, 2.24) is 10.3 Å². The monoisotopic (exact) mass is 261 g/mol. The summed E-state index contributed by atoms with van der Waals surface area (Å²) in [4.78, 5) is 17.1. The van der Waals surface area contributed by atoms with Gasteiger partial charge in [-0.15, -0.1) is 11.3 Å². The molecule has 0 spiro atoms. The highest BCUT2D eigenvalue weighted by Gasteiger charge is 2.06. The third-order valence-corrected chi connectivity index (χ3v) is 3.47. The van der Waals surface area contributed by atoms with Crippen molar-refractivity contribution < 1.29 is 4.79 Å². The lowest BCUT2D eigenvalue weighted by Crippen LogP contribution is -2.26. The Morgan fingerprint density at radius 1 is 1.39 bits per heavy atom. The molecule has 4 nitrogen and oxygen atoms in total. The molecule has 18 heavy (non-hydrogen) atoms. The lowest BCUT2D eigenvalue weighted by molar-refractivity contribution is 0.0949. The van der Waals surface area contributed by atoms with E-state index in [9.17, 15) is 4.79 Å². The maximum Gasteiger partial charge on any atom is 0.269 e. The Hall–Kier alpha value is -1.72. The van der Waals surface area contributed by atoms with E-state index in [4.69, 9.17) is 5.73 Å². The summed E-state index contributed by atoms with van der Waals surface area (Å²) in [6.45, 7) is 1.06. The van der Waals surface area contributed by atoms with Gasteiger partial charge in [0.1, 0.15) is 5.69 Å². The van der Waals surface area contributed by atoms with Crippen LogP contribution in [0.3, 0.4) is 0 Å². The molecule has 2 aromatic heterocycles. The number of thiophene rings is 1. The van der Waals surface area contributed by atoms with Crippen molar-refractivity contribution in [2.24, 2.45) is 5.73 Å². The number of nitrogens with one attached hydrogen (secondary N) is 1. The third kappa shape index (κ3) is 3.38. The number of hydrogen-bond acceptors (Lipinski definition) is 4. The smallest absolute Gasteiger partial charge is 0.269 e. The number of hydrogen-bond donors (Lipinski definition) is 2. The Morgan fingerprint density at radius 2 is 2.28 bits per heavy atom. The van der Waals surface area contributed by atoms with E-state index in [2.05, 4.69) is 16.4 Å². The first-order valence-corrected chi connectivity index (χ1v) is 6.63. The van der Waals surface area contributed by atoms with Gasteiger partial charge in [-0.2, -0.15) is 0 Å². The lowest BCUT2D eigenvalue weighted by Gasteiger charge is -2.04. The molecule has 0 saturated heterocycles. The van der Waals surface area contributed by atoms with Crippen LogP contribution in [-0.2, 0) is 13.0 Å². The standard InChI is InChI=1S/C13H15N3OS/c14-8-10-3-4-12(16-9-10)13(17)15-6-5-11-2-1-7-18-11/h1-4,7,9H,5-6,8,14H2,(H,15,17). The zero-order chi connectivity index (χ0) is 12.8. The van der Waals surface area contributed by atoms with Gasteiger partial charge in [0.15, 0.2) is 0 Å². The van der Waals surface area contributed by atoms with E-state index in [-0.39, 0.29) is 5.91 Å². The van der Waals surface area contributed by atoms with Gasteiger partial charge in [0, 0.05) is 24.2 Å². The van der Waals surface area contributed by atoms with Crippen molar-refractivity contribution in [2.45, 2.75) is 13.0 Å². The minimum absolute atomic E-state index is 0.143. The van der Waals surface area contributed by atoms with Gasteiger partial charge < -0.3 is 11.1 Å². The number of nitrogens with zero attached hydrogens (tertiary/aromatic N) is 1. The molecule has 0 unspecified atom stereocenters. The number of nitrogens with two attached hydrogens (primary N) is 1. The number of carbonyl (C=O) groups is 1. The zero-order valence-electron chi connectivity index (χ0n) is 9.93. The molecule has 94 valence electrons. The van der Waals surface area contributed by atoms with Gasteiger partial charge in [0.2, 0.25) is 0 Å². The van der Waals surface area contributed by atoms with Gasteiger partial charge in [0.05, 0.1) is 0 Å². The molecule has 1 amide bonds. The summed E-state index contributed by atoms with van der Waals surface area (Å²) in [6.07, 6.45) is 2.48. The van der Waals surface area contributed by atoms with E-state index < -0.39 is 0 Å². The summed E-state index contributed by atoms with van der Waals surface area (Å²) in [6, 6.07) is 7.59. The molecule has 0 aliphatic carbocycles. The van der Waals surface area contributed by atoms with Crippen LogP contribution in [0.5, 0.6) is 0 Å². The molecule has 3 N–H and O–H groups in total. The van der Waals surface area contributed by atoms with Crippen molar-refractivity contribution in [3.05, 3.63) is 52.0 Å². The van der Waals surface area contributed by atoms with Crippen LogP contribution in [0.1, 0.15) is 20.9 Å². The molecule has 5 heteroatoms. The van der Waals surface area contributed by atoms with Crippen molar-refractivity contribution in [1.29, 1.82) is 0 Å². The highest BCUT2D eigenvalue weighted by molar-refractivity contribution is 7.09. The third-order valence-electron chi connectivity index (χ3n) is 2.53. The minimum Gasteiger partial charge on any atom is -0.350 e. The highest BCUT2D eigenvalue weighted by Crippen LogP contribution is 2.08. The van der Waals surface area contributed by atoms with Gasteiger partial charge in [-0.05, 0) is 29.5 Å². The SMILES string of the molecule is NCc1ccc(C(=O)NCCc2cccs2)nc1. The van der Waals surface area contributed by atoms with E-state index in [1.165, 1.54) is 4.88 Å². The summed E-state index contributed by atoms with van der Waals surface area (Å²) >= 11 is 1.69. The first-order chi connectivity index (χ1) is 8.79. The van der Waals surface area contributed by atoms with Crippen LogP contribution in [0.4, 0.5) is 0 Å². The van der Waals surface area contributed by atoms with Gasteiger partial charge in [0.25, 0.3) is 5.91 Å². The summed E-state index contributed by atoms with van der Waals surface area (Å²) in [5.74, 6) is -0.143. The average Bonchev–Trinajstić information content (AvgIpc) is 2.92. The molecule has 0 aliphatic heterocycles. The Kier molecular flexibility index (Phi) is 4.44. The number of pyridine rings is 1. The maximum absolute atomic E-state index is 11.8. The maximum atomic E-state index is 11.8. The number of aromatic nitrogens is 1. The van der Waals surface area contributed by atoms with Crippen LogP contribution in [0.15, 0.2) is 35.8 Å². The Balaban J connectivity index is 1.83. The van der Waals surface area contributed by atoms with Crippen LogP contribution >= 0.6 is 11.3 Å². The number of amides is 1. The largest absolute Gasteiger partial charge is 0.350 e. The normalized spacial score (nSPS) is 10.3. The molecule has 0 fully saturated rings. The first-order valence-electron chi connectivity index (χ1n) is 5.75. The molecule has 0 saturated carbocycles. The number of carbonyl (C=O) groups excluding carboxylic acids is 1. The summed E-state index contributed by atoms with van der Waals surface area (Å²) in [5.41, 5.74) is 6.82. The second-order valence-electron chi connectivity index (χ2n) is 3.84. The van der Waals surface area contributed by atoms with Gasteiger partial charge in [-0.3, -0.25) is 9.78 Å². The Labute approximate surface area is 110 Å². The van der Waals surface area contributed by atoms with Crippen LogP contribution in [0.2, 0.25) is 0 Å². The molecule has 2 rings (SSSR count). The molecular formula is C13H15N3OS. The first kappa shape index (κ1) is 12.7. The molecular weight excluding hydrogens is 246 g/mol. The van der Waals surface area contributed by atoms with E-state index in [0.717, 1.165) is 12.0 Å².